The van der Waals surface area contributed by atoms with Crippen LogP contribution in [0.4, 0.5) is 0 Å². The van der Waals surface area contributed by atoms with Gasteiger partial charge in [0, 0.05) is 0 Å². The van der Waals surface area contributed by atoms with Crippen molar-refractivity contribution in [3.63, 3.8) is 0 Å². The van der Waals surface area contributed by atoms with Gasteiger partial charge in [0.2, 0.25) is 29.5 Å². The molecule has 0 aliphatic heterocycles. The van der Waals surface area contributed by atoms with E-state index < -0.39 is 78.4 Å². The Bertz CT molecular complexity index is 725. The number of rotatable bonds is 14. The van der Waals surface area contributed by atoms with Crippen LogP contribution in [0.3, 0.4) is 0 Å². The number of amides is 5. The van der Waals surface area contributed by atoms with E-state index in [4.69, 9.17) is 22.3 Å². The molecule has 13 heteroatoms. The monoisotopic (exact) mass is 458 g/mol. The van der Waals surface area contributed by atoms with Crippen molar-refractivity contribution < 1.29 is 33.9 Å². The summed E-state index contributed by atoms with van der Waals surface area (Å²) in [5.74, 6) is -6.14. The van der Waals surface area contributed by atoms with E-state index in [-0.39, 0.29) is 5.92 Å². The molecule has 0 aromatic rings. The van der Waals surface area contributed by atoms with Crippen LogP contribution in [0.15, 0.2) is 0 Å². The van der Waals surface area contributed by atoms with Gasteiger partial charge in [-0.3, -0.25) is 24.0 Å². The molecule has 0 radical (unpaired) electrons. The van der Waals surface area contributed by atoms with E-state index in [1.165, 1.54) is 0 Å². The Morgan fingerprint density at radius 2 is 1.22 bits per heavy atom. The molecule has 32 heavy (non-hydrogen) atoms. The molecule has 0 aliphatic rings. The largest absolute Gasteiger partial charge is 0.480 e. The first-order valence-corrected chi connectivity index (χ1v) is 10.1. The number of nitrogens with one attached hydrogen (secondary N) is 3. The normalized spacial score (nSPS) is 14.7. The predicted molar refractivity (Wildman–Crippen MR) is 113 cm³/mol. The summed E-state index contributed by atoms with van der Waals surface area (Å²) in [6, 6.07) is -5.15. The second-order valence-corrected chi connectivity index (χ2v) is 8.27. The highest BCUT2D eigenvalue weighted by Gasteiger charge is 2.32. The van der Waals surface area contributed by atoms with Crippen LogP contribution in [0, 0.1) is 11.8 Å². The van der Waals surface area contributed by atoms with Gasteiger partial charge in [0.05, 0.1) is 18.9 Å². The van der Waals surface area contributed by atoms with Gasteiger partial charge >= 0.3 is 5.97 Å². The van der Waals surface area contributed by atoms with Crippen LogP contribution < -0.4 is 33.2 Å². The van der Waals surface area contributed by atoms with Crippen molar-refractivity contribution in [1.29, 1.82) is 0 Å². The van der Waals surface area contributed by atoms with E-state index in [2.05, 4.69) is 10.6 Å². The van der Waals surface area contributed by atoms with Crippen LogP contribution in [0.2, 0.25) is 0 Å². The Hall–Kier alpha value is -3.22. The van der Waals surface area contributed by atoms with Crippen LogP contribution in [0.5, 0.6) is 0 Å². The second-order valence-electron chi connectivity index (χ2n) is 8.27. The molecular weight excluding hydrogens is 424 g/mol. The van der Waals surface area contributed by atoms with Crippen molar-refractivity contribution in [2.45, 2.75) is 71.1 Å². The highest BCUT2D eigenvalue weighted by atomic mass is 16.4. The van der Waals surface area contributed by atoms with Gasteiger partial charge in [-0.15, -0.1) is 0 Å². The zero-order valence-electron chi connectivity index (χ0n) is 18.7. The maximum absolute atomic E-state index is 12.8. The van der Waals surface area contributed by atoms with Gasteiger partial charge < -0.3 is 38.3 Å². The number of carboxylic acid groups (broad SMARTS) is 1. The molecule has 0 aromatic heterocycles. The maximum atomic E-state index is 12.8. The fourth-order valence-corrected chi connectivity index (χ4v) is 2.76. The summed E-state index contributed by atoms with van der Waals surface area (Å²) < 4.78 is 0. The van der Waals surface area contributed by atoms with Gasteiger partial charge in [0.25, 0.3) is 0 Å². The summed E-state index contributed by atoms with van der Waals surface area (Å²) in [6.45, 7) is 7.06. The number of carbonyl (C=O) groups excluding carboxylic acids is 5. The van der Waals surface area contributed by atoms with Gasteiger partial charge in [-0.25, -0.2) is 4.79 Å². The predicted octanol–water partition coefficient (Wildman–Crippen LogP) is -2.69. The second kappa shape index (κ2) is 13.2. The Morgan fingerprint density at radius 1 is 0.750 bits per heavy atom. The summed E-state index contributed by atoms with van der Waals surface area (Å²) in [5.41, 5.74) is 15.9. The number of primary amides is 2. The van der Waals surface area contributed by atoms with E-state index >= 15 is 0 Å². The summed E-state index contributed by atoms with van der Waals surface area (Å²) in [7, 11) is 0. The van der Waals surface area contributed by atoms with Crippen LogP contribution >= 0.6 is 0 Å². The number of aliphatic carboxylic acids is 1. The number of nitrogens with two attached hydrogens (primary N) is 3. The first-order chi connectivity index (χ1) is 14.6. The van der Waals surface area contributed by atoms with E-state index in [0.717, 1.165) is 0 Å². The molecule has 0 fully saturated rings. The van der Waals surface area contributed by atoms with Gasteiger partial charge in [-0.2, -0.15) is 0 Å². The van der Waals surface area contributed by atoms with Crippen molar-refractivity contribution in [3.8, 4) is 0 Å². The minimum Gasteiger partial charge on any atom is -0.480 e. The molecule has 0 bridgehead atoms. The number of hydrogen-bond donors (Lipinski definition) is 7. The van der Waals surface area contributed by atoms with Crippen molar-refractivity contribution in [3.05, 3.63) is 0 Å². The lowest BCUT2D eigenvalue weighted by atomic mass is 10.00. The summed E-state index contributed by atoms with van der Waals surface area (Å²) in [4.78, 5) is 71.2. The van der Waals surface area contributed by atoms with E-state index in [1.807, 2.05) is 19.2 Å². The Balaban J connectivity index is 5.47. The fourth-order valence-electron chi connectivity index (χ4n) is 2.76. The average molecular weight is 459 g/mol. The highest BCUT2D eigenvalue weighted by Crippen LogP contribution is 2.07. The molecule has 0 spiro atoms. The summed E-state index contributed by atoms with van der Waals surface area (Å²) >= 11 is 0. The molecule has 4 unspecified atom stereocenters. The van der Waals surface area contributed by atoms with Gasteiger partial charge in [-0.1, -0.05) is 27.7 Å². The highest BCUT2D eigenvalue weighted by molar-refractivity contribution is 5.96. The zero-order chi connectivity index (χ0) is 25.2. The molecule has 0 saturated heterocycles. The van der Waals surface area contributed by atoms with Crippen molar-refractivity contribution in [1.82, 2.24) is 16.0 Å². The molecular formula is C19H34N6O7. The molecule has 0 heterocycles. The number of carboxylic acids is 1. The van der Waals surface area contributed by atoms with Crippen molar-refractivity contribution in [2.24, 2.45) is 29.0 Å². The lowest BCUT2D eigenvalue weighted by molar-refractivity contribution is -0.144. The third-order valence-electron chi connectivity index (χ3n) is 4.37. The Kier molecular flexibility index (Phi) is 11.9. The molecule has 10 N–H and O–H groups in total. The van der Waals surface area contributed by atoms with Gasteiger partial charge in [0.15, 0.2) is 0 Å². The third-order valence-corrected chi connectivity index (χ3v) is 4.37. The average Bonchev–Trinajstić information content (AvgIpc) is 2.62. The molecule has 5 amide bonds. The number of hydrogen-bond acceptors (Lipinski definition) is 7. The maximum Gasteiger partial charge on any atom is 0.326 e. The summed E-state index contributed by atoms with van der Waals surface area (Å²) in [5, 5.41) is 16.0. The molecule has 0 aromatic carbocycles. The quantitative estimate of drug-likeness (QED) is 0.144. The van der Waals surface area contributed by atoms with Gasteiger partial charge in [-0.05, 0) is 18.3 Å². The fraction of sp³-hybridized carbons (Fsp3) is 0.684. The molecule has 0 rings (SSSR count). The minimum atomic E-state index is -1.66. The Morgan fingerprint density at radius 3 is 1.62 bits per heavy atom. The number of carbonyl (C=O) groups is 6. The van der Waals surface area contributed by atoms with E-state index in [0.29, 0.717) is 6.42 Å². The molecule has 0 aliphatic carbocycles. The first-order valence-electron chi connectivity index (χ1n) is 10.1. The smallest absolute Gasteiger partial charge is 0.326 e. The van der Waals surface area contributed by atoms with Crippen LogP contribution in [-0.2, 0) is 28.8 Å². The van der Waals surface area contributed by atoms with Gasteiger partial charge in [0.1, 0.15) is 18.1 Å². The van der Waals surface area contributed by atoms with Crippen LogP contribution in [0.25, 0.3) is 0 Å². The van der Waals surface area contributed by atoms with Crippen LogP contribution in [-0.4, -0.2) is 64.8 Å². The Labute approximate surface area is 186 Å². The molecule has 0 saturated carbocycles. The zero-order valence-corrected chi connectivity index (χ0v) is 18.7. The van der Waals surface area contributed by atoms with E-state index in [9.17, 15) is 28.8 Å². The van der Waals surface area contributed by atoms with Crippen LogP contribution in [0.1, 0.15) is 47.0 Å². The molecule has 4 atom stereocenters. The molecule has 182 valence electrons. The third kappa shape index (κ3) is 10.7. The first kappa shape index (κ1) is 28.8. The minimum absolute atomic E-state index is 0.147. The SMILES string of the molecule is CC(C)CC(N)C(=O)NC(C(=O)NC(CC(N)=O)C(=O)NC(CC(N)=O)C(=O)O)C(C)C. The molecule has 13 nitrogen and oxygen atoms in total. The van der Waals surface area contributed by atoms with E-state index in [1.54, 1.807) is 13.8 Å². The lowest BCUT2D eigenvalue weighted by Crippen LogP contribution is -2.59. The lowest BCUT2D eigenvalue weighted by Gasteiger charge is -2.26. The van der Waals surface area contributed by atoms with Crippen molar-refractivity contribution >= 4 is 35.5 Å². The summed E-state index contributed by atoms with van der Waals surface area (Å²) in [6.07, 6.45) is -0.954. The topological polar surface area (TPSA) is 237 Å². The van der Waals surface area contributed by atoms with Crippen molar-refractivity contribution in [2.75, 3.05) is 0 Å². The standard InChI is InChI=1S/C19H34N6O7/c1-8(2)5-10(20)16(28)25-15(9(3)4)18(30)23-11(6-13(21)26)17(29)24-12(19(31)32)7-14(22)27/h8-12,15H,5-7,20H2,1-4H3,(H2,21,26)(H2,22,27)(H,23,30)(H,24,29)(H,25,28)(H,31,32).